The van der Waals surface area contributed by atoms with Crippen LogP contribution in [0.25, 0.3) is 11.7 Å². The number of thioether (sulfide) groups is 1. The molecule has 5 rings (SSSR count). The number of pyridine rings is 1. The molecule has 35 heavy (non-hydrogen) atoms. The number of benzene rings is 1. The quantitative estimate of drug-likeness (QED) is 0.373. The summed E-state index contributed by atoms with van der Waals surface area (Å²) in [6, 6.07) is 13.6. The standard InChI is InChI=1S/C27H28N4O2S2/c1-17-12-18(2)15-29(14-17)24-21(25(32)30-11-7-8-19(3)23(30)28-24)13-22-26(33)31(27(34)35-22)16-20-9-5-4-6-10-20/h4-11,13,17-18H,12,14-16H2,1-3H3/b22-13-/t17-,18-/m1/s1. The van der Waals surface area contributed by atoms with Gasteiger partial charge < -0.3 is 4.90 Å². The lowest BCUT2D eigenvalue weighted by Gasteiger charge is -2.36. The zero-order valence-electron chi connectivity index (χ0n) is 20.1. The molecule has 2 fully saturated rings. The van der Waals surface area contributed by atoms with Gasteiger partial charge in [0.15, 0.2) is 0 Å². The molecule has 2 atom stereocenters. The third-order valence-corrected chi connectivity index (χ3v) is 7.94. The van der Waals surface area contributed by atoms with Crippen LogP contribution in [-0.2, 0) is 11.3 Å². The second-order valence-corrected chi connectivity index (χ2v) is 11.3. The first-order valence-corrected chi connectivity index (χ1v) is 13.1. The highest BCUT2D eigenvalue weighted by atomic mass is 32.2. The van der Waals surface area contributed by atoms with E-state index in [9.17, 15) is 9.59 Å². The number of nitrogens with zero attached hydrogens (tertiary/aromatic N) is 4. The molecule has 180 valence electrons. The molecule has 6 nitrogen and oxygen atoms in total. The maximum Gasteiger partial charge on any atom is 0.267 e. The molecule has 4 heterocycles. The fourth-order valence-corrected chi connectivity index (χ4v) is 6.27. The number of aromatic nitrogens is 2. The minimum Gasteiger partial charge on any atom is -0.355 e. The van der Waals surface area contributed by atoms with Gasteiger partial charge in [0.2, 0.25) is 0 Å². The van der Waals surface area contributed by atoms with Crippen LogP contribution in [0.4, 0.5) is 5.82 Å². The minimum absolute atomic E-state index is 0.173. The molecule has 2 aliphatic heterocycles. The van der Waals surface area contributed by atoms with Crippen LogP contribution >= 0.6 is 24.0 Å². The number of thiocarbonyl (C=S) groups is 1. The van der Waals surface area contributed by atoms with Crippen molar-refractivity contribution in [2.45, 2.75) is 33.7 Å². The van der Waals surface area contributed by atoms with Gasteiger partial charge in [0.1, 0.15) is 15.8 Å². The first-order chi connectivity index (χ1) is 16.8. The summed E-state index contributed by atoms with van der Waals surface area (Å²) in [5.41, 5.74) is 2.85. The van der Waals surface area contributed by atoms with E-state index < -0.39 is 0 Å². The van der Waals surface area contributed by atoms with Crippen molar-refractivity contribution in [1.29, 1.82) is 0 Å². The molecule has 8 heteroatoms. The number of aryl methyl sites for hydroxylation is 1. The van der Waals surface area contributed by atoms with Crippen molar-refractivity contribution < 1.29 is 4.79 Å². The molecular formula is C27H28N4O2S2. The number of piperidine rings is 1. The molecule has 2 aromatic heterocycles. The van der Waals surface area contributed by atoms with Crippen LogP contribution in [0.2, 0.25) is 0 Å². The van der Waals surface area contributed by atoms with E-state index in [4.69, 9.17) is 17.2 Å². The molecule has 0 saturated carbocycles. The average molecular weight is 505 g/mol. The second kappa shape index (κ2) is 9.59. The summed E-state index contributed by atoms with van der Waals surface area (Å²) < 4.78 is 2.07. The lowest BCUT2D eigenvalue weighted by Crippen LogP contribution is -2.40. The predicted molar refractivity (Wildman–Crippen MR) is 147 cm³/mol. The third-order valence-electron chi connectivity index (χ3n) is 6.57. The predicted octanol–water partition coefficient (Wildman–Crippen LogP) is 4.89. The van der Waals surface area contributed by atoms with Crippen molar-refractivity contribution in [1.82, 2.24) is 14.3 Å². The van der Waals surface area contributed by atoms with E-state index in [1.807, 2.05) is 49.4 Å². The topological polar surface area (TPSA) is 57.9 Å². The van der Waals surface area contributed by atoms with Crippen molar-refractivity contribution in [3.63, 3.8) is 0 Å². The zero-order chi connectivity index (χ0) is 24.7. The Balaban J connectivity index is 1.60. The van der Waals surface area contributed by atoms with E-state index in [-0.39, 0.29) is 11.5 Å². The first-order valence-electron chi connectivity index (χ1n) is 11.9. The summed E-state index contributed by atoms with van der Waals surface area (Å²) in [5.74, 6) is 1.46. The summed E-state index contributed by atoms with van der Waals surface area (Å²) in [6.07, 6.45) is 4.59. The Kier molecular flexibility index (Phi) is 6.51. The van der Waals surface area contributed by atoms with E-state index in [1.165, 1.54) is 11.8 Å². The lowest BCUT2D eigenvalue weighted by atomic mass is 9.91. The van der Waals surface area contributed by atoms with E-state index in [0.29, 0.717) is 44.6 Å². The largest absolute Gasteiger partial charge is 0.355 e. The van der Waals surface area contributed by atoms with Crippen molar-refractivity contribution in [3.8, 4) is 0 Å². The molecule has 2 aliphatic rings. The van der Waals surface area contributed by atoms with Crippen LogP contribution in [0.1, 0.15) is 37.0 Å². The molecule has 2 saturated heterocycles. The van der Waals surface area contributed by atoms with Gasteiger partial charge >= 0.3 is 0 Å². The third kappa shape index (κ3) is 4.65. The van der Waals surface area contributed by atoms with Gasteiger partial charge in [0, 0.05) is 19.3 Å². The zero-order valence-corrected chi connectivity index (χ0v) is 21.7. The Bertz CT molecular complexity index is 1390. The summed E-state index contributed by atoms with van der Waals surface area (Å²) in [6.45, 7) is 8.49. The molecule has 1 aromatic carbocycles. The van der Waals surface area contributed by atoms with Crippen molar-refractivity contribution in [3.05, 3.63) is 80.6 Å². The van der Waals surface area contributed by atoms with Gasteiger partial charge in [-0.2, -0.15) is 0 Å². The van der Waals surface area contributed by atoms with Gasteiger partial charge in [0.05, 0.1) is 17.0 Å². The smallest absolute Gasteiger partial charge is 0.267 e. The molecule has 1 amide bonds. The maximum absolute atomic E-state index is 13.7. The number of rotatable bonds is 4. The van der Waals surface area contributed by atoms with E-state index in [2.05, 4.69) is 18.7 Å². The number of hydrogen-bond acceptors (Lipinski definition) is 6. The number of carbonyl (C=O) groups excluding carboxylic acids is 1. The van der Waals surface area contributed by atoms with Crippen LogP contribution in [0.15, 0.2) is 58.4 Å². The molecule has 0 aliphatic carbocycles. The molecule has 0 radical (unpaired) electrons. The van der Waals surface area contributed by atoms with Gasteiger partial charge in [-0.25, -0.2) is 4.98 Å². The average Bonchev–Trinajstić information content (AvgIpc) is 3.08. The van der Waals surface area contributed by atoms with E-state index in [0.717, 1.165) is 30.6 Å². The van der Waals surface area contributed by atoms with Crippen LogP contribution in [0, 0.1) is 18.8 Å². The molecule has 0 N–H and O–H groups in total. The van der Waals surface area contributed by atoms with Crippen LogP contribution in [-0.4, -0.2) is 37.6 Å². The molecule has 0 unspecified atom stereocenters. The number of anilines is 1. The number of carbonyl (C=O) groups is 1. The number of hydrogen-bond donors (Lipinski definition) is 0. The number of fused-ring (bicyclic) bond motifs is 1. The Morgan fingerprint density at radius 2 is 1.80 bits per heavy atom. The van der Waals surface area contributed by atoms with Crippen molar-refractivity contribution >= 4 is 51.7 Å². The van der Waals surface area contributed by atoms with E-state index in [1.54, 1.807) is 21.6 Å². The Morgan fingerprint density at radius 3 is 2.51 bits per heavy atom. The minimum atomic E-state index is -0.177. The molecule has 3 aromatic rings. The highest BCUT2D eigenvalue weighted by molar-refractivity contribution is 8.26. The van der Waals surface area contributed by atoms with Crippen molar-refractivity contribution in [2.75, 3.05) is 18.0 Å². The van der Waals surface area contributed by atoms with Gasteiger partial charge in [-0.1, -0.05) is 74.2 Å². The van der Waals surface area contributed by atoms with Crippen LogP contribution in [0.5, 0.6) is 0 Å². The Morgan fingerprint density at radius 1 is 1.09 bits per heavy atom. The maximum atomic E-state index is 13.7. The van der Waals surface area contributed by atoms with Gasteiger partial charge in [0.25, 0.3) is 11.5 Å². The summed E-state index contributed by atoms with van der Waals surface area (Å²) in [5, 5.41) is 0. The monoisotopic (exact) mass is 504 g/mol. The van der Waals surface area contributed by atoms with Gasteiger partial charge in [-0.05, 0) is 48.4 Å². The fraction of sp³-hybridized carbons (Fsp3) is 0.333. The van der Waals surface area contributed by atoms with Crippen molar-refractivity contribution in [2.24, 2.45) is 11.8 Å². The SMILES string of the molecule is Cc1cccn2c(=O)c(/C=C3\SC(=S)N(Cc4ccccc4)C3=O)c(N3C[C@H](C)C[C@@H](C)C3)nc12. The molecule has 0 spiro atoms. The molecule has 0 bridgehead atoms. The fourth-order valence-electron chi connectivity index (χ4n) is 5.04. The first kappa shape index (κ1) is 23.8. The highest BCUT2D eigenvalue weighted by Crippen LogP contribution is 2.35. The van der Waals surface area contributed by atoms with Crippen LogP contribution in [0.3, 0.4) is 0 Å². The Hall–Kier alpha value is -2.97. The highest BCUT2D eigenvalue weighted by Gasteiger charge is 2.33. The number of amides is 1. The van der Waals surface area contributed by atoms with E-state index >= 15 is 0 Å². The summed E-state index contributed by atoms with van der Waals surface area (Å²) >= 11 is 6.79. The van der Waals surface area contributed by atoms with Crippen LogP contribution < -0.4 is 10.5 Å². The van der Waals surface area contributed by atoms with Gasteiger partial charge in [-0.3, -0.25) is 18.9 Å². The second-order valence-electron chi connectivity index (χ2n) is 9.64. The Labute approximate surface area is 214 Å². The molecular weight excluding hydrogens is 476 g/mol. The lowest BCUT2D eigenvalue weighted by molar-refractivity contribution is -0.122. The normalized spacial score (nSPS) is 22.0. The summed E-state index contributed by atoms with van der Waals surface area (Å²) in [4.78, 5) is 36.3. The summed E-state index contributed by atoms with van der Waals surface area (Å²) in [7, 11) is 0. The van der Waals surface area contributed by atoms with Gasteiger partial charge in [-0.15, -0.1) is 0 Å².